The minimum atomic E-state index is 0.197. The Balaban J connectivity index is 2.21. The van der Waals surface area contributed by atoms with Crippen LogP contribution in [-0.4, -0.2) is 37.0 Å². The first kappa shape index (κ1) is 12.8. The van der Waals surface area contributed by atoms with Crippen LogP contribution in [0, 0.1) is 5.92 Å². The Labute approximate surface area is 96.8 Å². The van der Waals surface area contributed by atoms with Crippen molar-refractivity contribution in [3.63, 3.8) is 0 Å². The molecule has 1 amide bonds. The third kappa shape index (κ3) is 4.89. The van der Waals surface area contributed by atoms with Gasteiger partial charge >= 0.3 is 0 Å². The minimum Gasteiger partial charge on any atom is -0.353 e. The van der Waals surface area contributed by atoms with Gasteiger partial charge in [-0.05, 0) is 45.0 Å². The van der Waals surface area contributed by atoms with E-state index >= 15 is 0 Å². The summed E-state index contributed by atoms with van der Waals surface area (Å²) in [6.07, 6.45) is 5.14. The Bertz CT molecular complexity index is 193. The van der Waals surface area contributed by atoms with Gasteiger partial charge in [0.25, 0.3) is 0 Å². The lowest BCUT2D eigenvalue weighted by atomic mass is 9.93. The third-order valence-electron chi connectivity index (χ3n) is 2.96. The third-order valence-corrected chi connectivity index (χ3v) is 3.58. The van der Waals surface area contributed by atoms with Gasteiger partial charge in [0.2, 0.25) is 5.91 Å². The summed E-state index contributed by atoms with van der Waals surface area (Å²) >= 11 is 1.72. The molecule has 15 heavy (non-hydrogen) atoms. The molecule has 2 unspecified atom stereocenters. The molecule has 0 saturated carbocycles. The molecule has 0 radical (unpaired) electrons. The van der Waals surface area contributed by atoms with Crippen molar-refractivity contribution in [3.05, 3.63) is 0 Å². The number of carbonyl (C=O) groups is 1. The maximum absolute atomic E-state index is 11.5. The SMILES string of the molecule is CSCCC(=O)NC(C)C1CCCNC1. The molecule has 1 aliphatic rings. The highest BCUT2D eigenvalue weighted by Gasteiger charge is 2.20. The lowest BCUT2D eigenvalue weighted by Crippen LogP contribution is -2.44. The van der Waals surface area contributed by atoms with Crippen molar-refractivity contribution >= 4 is 17.7 Å². The summed E-state index contributed by atoms with van der Waals surface area (Å²) in [5.41, 5.74) is 0. The van der Waals surface area contributed by atoms with Crippen molar-refractivity contribution < 1.29 is 4.79 Å². The average Bonchev–Trinajstić information content (AvgIpc) is 2.27. The van der Waals surface area contributed by atoms with Crippen LogP contribution in [0.5, 0.6) is 0 Å². The van der Waals surface area contributed by atoms with Gasteiger partial charge in [-0.25, -0.2) is 0 Å². The molecular formula is C11H22N2OS. The smallest absolute Gasteiger partial charge is 0.221 e. The molecule has 1 aliphatic heterocycles. The first-order chi connectivity index (χ1) is 7.24. The molecule has 2 N–H and O–H groups in total. The molecule has 1 fully saturated rings. The van der Waals surface area contributed by atoms with Gasteiger partial charge in [-0.1, -0.05) is 0 Å². The van der Waals surface area contributed by atoms with E-state index in [1.165, 1.54) is 12.8 Å². The Morgan fingerprint density at radius 2 is 2.47 bits per heavy atom. The Kier molecular flexibility index (Phi) is 6.10. The van der Waals surface area contributed by atoms with Gasteiger partial charge in [0, 0.05) is 18.2 Å². The molecule has 1 saturated heterocycles. The van der Waals surface area contributed by atoms with Crippen LogP contribution in [0.15, 0.2) is 0 Å². The fourth-order valence-corrected chi connectivity index (χ4v) is 2.33. The van der Waals surface area contributed by atoms with Crippen LogP contribution in [0.25, 0.3) is 0 Å². The second-order valence-electron chi connectivity index (χ2n) is 4.21. The van der Waals surface area contributed by atoms with Gasteiger partial charge in [0.1, 0.15) is 0 Å². The van der Waals surface area contributed by atoms with E-state index in [0.29, 0.717) is 18.4 Å². The predicted molar refractivity (Wildman–Crippen MR) is 66.2 cm³/mol. The van der Waals surface area contributed by atoms with Gasteiger partial charge in [-0.15, -0.1) is 0 Å². The summed E-state index contributed by atoms with van der Waals surface area (Å²) in [5, 5.41) is 6.47. The zero-order chi connectivity index (χ0) is 11.1. The van der Waals surface area contributed by atoms with Crippen molar-refractivity contribution in [1.82, 2.24) is 10.6 Å². The summed E-state index contributed by atoms with van der Waals surface area (Å²) in [6, 6.07) is 0.312. The van der Waals surface area contributed by atoms with E-state index < -0.39 is 0 Å². The molecular weight excluding hydrogens is 208 g/mol. The van der Waals surface area contributed by atoms with E-state index in [0.717, 1.165) is 18.8 Å². The molecule has 1 heterocycles. The zero-order valence-corrected chi connectivity index (χ0v) is 10.5. The van der Waals surface area contributed by atoms with Gasteiger partial charge in [-0.3, -0.25) is 4.79 Å². The minimum absolute atomic E-state index is 0.197. The highest BCUT2D eigenvalue weighted by atomic mass is 32.2. The van der Waals surface area contributed by atoms with Crippen LogP contribution in [0.2, 0.25) is 0 Å². The number of carbonyl (C=O) groups excluding carboxylic acids is 1. The van der Waals surface area contributed by atoms with E-state index in [9.17, 15) is 4.79 Å². The maximum Gasteiger partial charge on any atom is 0.221 e. The van der Waals surface area contributed by atoms with E-state index in [-0.39, 0.29) is 5.91 Å². The molecule has 4 heteroatoms. The molecule has 0 aromatic heterocycles. The number of nitrogens with one attached hydrogen (secondary N) is 2. The topological polar surface area (TPSA) is 41.1 Å². The van der Waals surface area contributed by atoms with Crippen LogP contribution >= 0.6 is 11.8 Å². The van der Waals surface area contributed by atoms with Gasteiger partial charge in [0.15, 0.2) is 0 Å². The van der Waals surface area contributed by atoms with Crippen LogP contribution in [0.3, 0.4) is 0 Å². The summed E-state index contributed by atoms with van der Waals surface area (Å²) in [6.45, 7) is 4.29. The fraction of sp³-hybridized carbons (Fsp3) is 0.909. The van der Waals surface area contributed by atoms with Gasteiger partial charge in [-0.2, -0.15) is 11.8 Å². The number of hydrogen-bond acceptors (Lipinski definition) is 3. The van der Waals surface area contributed by atoms with Crippen molar-refractivity contribution in [1.29, 1.82) is 0 Å². The first-order valence-corrected chi connectivity index (χ1v) is 7.12. The van der Waals surface area contributed by atoms with E-state index in [2.05, 4.69) is 17.6 Å². The summed E-state index contributed by atoms with van der Waals surface area (Å²) in [4.78, 5) is 11.5. The summed E-state index contributed by atoms with van der Waals surface area (Å²) in [7, 11) is 0. The molecule has 2 atom stereocenters. The molecule has 88 valence electrons. The molecule has 0 aromatic carbocycles. The molecule has 0 aromatic rings. The first-order valence-electron chi connectivity index (χ1n) is 5.73. The second kappa shape index (κ2) is 7.12. The number of hydrogen-bond donors (Lipinski definition) is 2. The monoisotopic (exact) mass is 230 g/mol. The Morgan fingerprint density at radius 1 is 1.67 bits per heavy atom. The highest BCUT2D eigenvalue weighted by molar-refractivity contribution is 7.98. The normalized spacial score (nSPS) is 23.5. The number of rotatable bonds is 5. The number of piperidine rings is 1. The number of amides is 1. The Hall–Kier alpha value is -0.220. The quantitative estimate of drug-likeness (QED) is 0.747. The van der Waals surface area contributed by atoms with E-state index in [1.807, 2.05) is 6.26 Å². The molecule has 0 spiro atoms. The van der Waals surface area contributed by atoms with Gasteiger partial charge < -0.3 is 10.6 Å². The van der Waals surface area contributed by atoms with Crippen molar-refractivity contribution in [3.8, 4) is 0 Å². The molecule has 0 aliphatic carbocycles. The number of thioether (sulfide) groups is 1. The lowest BCUT2D eigenvalue weighted by molar-refractivity contribution is -0.121. The standard InChI is InChI=1S/C11H22N2OS/c1-9(10-4-3-6-12-8-10)13-11(14)5-7-15-2/h9-10,12H,3-8H2,1-2H3,(H,13,14). The molecule has 3 nitrogen and oxygen atoms in total. The molecule has 0 bridgehead atoms. The van der Waals surface area contributed by atoms with Crippen molar-refractivity contribution in [2.75, 3.05) is 25.1 Å². The van der Waals surface area contributed by atoms with Crippen molar-refractivity contribution in [2.45, 2.75) is 32.2 Å². The van der Waals surface area contributed by atoms with Crippen LogP contribution in [0.4, 0.5) is 0 Å². The summed E-state index contributed by atoms with van der Waals surface area (Å²) in [5.74, 6) is 1.72. The van der Waals surface area contributed by atoms with Crippen LogP contribution < -0.4 is 10.6 Å². The van der Waals surface area contributed by atoms with E-state index in [4.69, 9.17) is 0 Å². The zero-order valence-electron chi connectivity index (χ0n) is 9.71. The fourth-order valence-electron chi connectivity index (χ4n) is 1.94. The predicted octanol–water partition coefficient (Wildman–Crippen LogP) is 1.24. The van der Waals surface area contributed by atoms with Crippen molar-refractivity contribution in [2.24, 2.45) is 5.92 Å². The Morgan fingerprint density at radius 3 is 3.07 bits per heavy atom. The highest BCUT2D eigenvalue weighted by Crippen LogP contribution is 2.14. The second-order valence-corrected chi connectivity index (χ2v) is 5.19. The van der Waals surface area contributed by atoms with E-state index in [1.54, 1.807) is 11.8 Å². The lowest BCUT2D eigenvalue weighted by Gasteiger charge is -2.28. The van der Waals surface area contributed by atoms with Crippen LogP contribution in [0.1, 0.15) is 26.2 Å². The summed E-state index contributed by atoms with van der Waals surface area (Å²) < 4.78 is 0. The van der Waals surface area contributed by atoms with Gasteiger partial charge in [0.05, 0.1) is 0 Å². The molecule has 1 rings (SSSR count). The van der Waals surface area contributed by atoms with Crippen LogP contribution in [-0.2, 0) is 4.79 Å². The maximum atomic E-state index is 11.5. The largest absolute Gasteiger partial charge is 0.353 e. The average molecular weight is 230 g/mol.